The Balaban J connectivity index is 0.00000208. The lowest BCUT2D eigenvalue weighted by Crippen LogP contribution is -2.48. The van der Waals surface area contributed by atoms with Gasteiger partial charge in [-0.2, -0.15) is 0 Å². The van der Waals surface area contributed by atoms with Crippen LogP contribution in [0.2, 0.25) is 0 Å². The summed E-state index contributed by atoms with van der Waals surface area (Å²) in [5, 5.41) is 6.41. The Morgan fingerprint density at radius 3 is 2.71 bits per heavy atom. The molecule has 1 amide bonds. The molecule has 0 saturated carbocycles. The molecular formula is C19H23ClN2O2. The van der Waals surface area contributed by atoms with E-state index in [1.807, 2.05) is 43.3 Å². The highest BCUT2D eigenvalue weighted by atomic mass is 35.5. The van der Waals surface area contributed by atoms with Gasteiger partial charge < -0.3 is 15.4 Å². The SMILES string of the molecule is COc1cccc(C(C)NC(=O)C2Cc3ccccc3CN2)c1.Cl. The third-order valence-electron chi connectivity index (χ3n) is 4.35. The van der Waals surface area contributed by atoms with Gasteiger partial charge in [-0.15, -0.1) is 12.4 Å². The molecule has 1 aliphatic rings. The number of ether oxygens (including phenoxy) is 1. The van der Waals surface area contributed by atoms with Crippen molar-refractivity contribution >= 4 is 18.3 Å². The van der Waals surface area contributed by atoms with E-state index in [1.165, 1.54) is 11.1 Å². The highest BCUT2D eigenvalue weighted by Gasteiger charge is 2.25. The quantitative estimate of drug-likeness (QED) is 0.894. The molecular weight excluding hydrogens is 324 g/mol. The molecule has 0 fully saturated rings. The minimum absolute atomic E-state index is 0. The van der Waals surface area contributed by atoms with Crippen LogP contribution in [0.4, 0.5) is 0 Å². The summed E-state index contributed by atoms with van der Waals surface area (Å²) in [5.74, 6) is 0.836. The molecule has 2 aromatic carbocycles. The van der Waals surface area contributed by atoms with E-state index in [2.05, 4.69) is 22.8 Å². The number of halogens is 1. The number of rotatable bonds is 4. The van der Waals surface area contributed by atoms with Gasteiger partial charge in [0.05, 0.1) is 19.2 Å². The van der Waals surface area contributed by atoms with E-state index in [1.54, 1.807) is 7.11 Å². The molecule has 0 bridgehead atoms. The second kappa shape index (κ2) is 8.18. The third kappa shape index (κ3) is 4.08. The summed E-state index contributed by atoms with van der Waals surface area (Å²) >= 11 is 0. The standard InChI is InChI=1S/C19H22N2O2.ClH/c1-13(14-8-5-9-17(10-14)23-2)21-19(22)18-11-15-6-3-4-7-16(15)12-20-18;/h3-10,13,18,20H,11-12H2,1-2H3,(H,21,22);1H. The molecule has 2 unspecified atom stereocenters. The summed E-state index contributed by atoms with van der Waals surface area (Å²) in [4.78, 5) is 12.5. The van der Waals surface area contributed by atoms with E-state index in [0.29, 0.717) is 0 Å². The van der Waals surface area contributed by atoms with Gasteiger partial charge in [0.25, 0.3) is 0 Å². The lowest BCUT2D eigenvalue weighted by Gasteiger charge is -2.27. The van der Waals surface area contributed by atoms with Gasteiger partial charge in [0.2, 0.25) is 5.91 Å². The van der Waals surface area contributed by atoms with Crippen LogP contribution in [0.25, 0.3) is 0 Å². The number of nitrogens with one attached hydrogen (secondary N) is 2. The number of benzene rings is 2. The summed E-state index contributed by atoms with van der Waals surface area (Å²) in [6, 6.07) is 15.8. The Kier molecular flexibility index (Phi) is 6.23. The number of amides is 1. The number of carbonyl (C=O) groups is 1. The Morgan fingerprint density at radius 2 is 1.96 bits per heavy atom. The normalized spacial score (nSPS) is 17.2. The van der Waals surface area contributed by atoms with Crippen LogP contribution in [0.5, 0.6) is 5.75 Å². The van der Waals surface area contributed by atoms with Gasteiger partial charge in [-0.25, -0.2) is 0 Å². The van der Waals surface area contributed by atoms with Crippen LogP contribution in [0, 0.1) is 0 Å². The average Bonchev–Trinajstić information content (AvgIpc) is 2.61. The van der Waals surface area contributed by atoms with Crippen LogP contribution in [-0.4, -0.2) is 19.1 Å². The maximum Gasteiger partial charge on any atom is 0.237 e. The van der Waals surface area contributed by atoms with E-state index >= 15 is 0 Å². The van der Waals surface area contributed by atoms with Crippen LogP contribution < -0.4 is 15.4 Å². The monoisotopic (exact) mass is 346 g/mol. The van der Waals surface area contributed by atoms with E-state index in [0.717, 1.165) is 24.3 Å². The zero-order valence-electron chi connectivity index (χ0n) is 13.9. The molecule has 0 aromatic heterocycles. The van der Waals surface area contributed by atoms with Gasteiger partial charge in [0, 0.05) is 6.54 Å². The molecule has 2 atom stereocenters. The maximum atomic E-state index is 12.5. The number of fused-ring (bicyclic) bond motifs is 1. The third-order valence-corrected chi connectivity index (χ3v) is 4.35. The van der Waals surface area contributed by atoms with Crippen LogP contribution in [0.3, 0.4) is 0 Å². The van der Waals surface area contributed by atoms with Crippen molar-refractivity contribution in [2.75, 3.05) is 7.11 Å². The fourth-order valence-electron chi connectivity index (χ4n) is 2.95. The molecule has 24 heavy (non-hydrogen) atoms. The van der Waals surface area contributed by atoms with Crippen molar-refractivity contribution in [3.63, 3.8) is 0 Å². The summed E-state index contributed by atoms with van der Waals surface area (Å²) in [6.07, 6.45) is 0.729. The van der Waals surface area contributed by atoms with Crippen LogP contribution in [-0.2, 0) is 17.8 Å². The zero-order valence-corrected chi connectivity index (χ0v) is 14.7. The van der Waals surface area contributed by atoms with Crippen molar-refractivity contribution in [3.05, 3.63) is 65.2 Å². The van der Waals surface area contributed by atoms with Crippen molar-refractivity contribution in [1.82, 2.24) is 10.6 Å². The maximum absolute atomic E-state index is 12.5. The van der Waals surface area contributed by atoms with E-state index in [4.69, 9.17) is 4.74 Å². The largest absolute Gasteiger partial charge is 0.497 e. The molecule has 2 aromatic rings. The van der Waals surface area contributed by atoms with Crippen LogP contribution >= 0.6 is 12.4 Å². The fourth-order valence-corrected chi connectivity index (χ4v) is 2.95. The Morgan fingerprint density at radius 1 is 1.21 bits per heavy atom. The first-order chi connectivity index (χ1) is 11.2. The fraction of sp³-hybridized carbons (Fsp3) is 0.316. The molecule has 2 N–H and O–H groups in total. The van der Waals surface area contributed by atoms with Gasteiger partial charge in [0.15, 0.2) is 0 Å². The smallest absolute Gasteiger partial charge is 0.237 e. The highest BCUT2D eigenvalue weighted by molar-refractivity contribution is 5.85. The Labute approximate surface area is 149 Å². The summed E-state index contributed by atoms with van der Waals surface area (Å²) < 4.78 is 5.24. The van der Waals surface area contributed by atoms with Crippen molar-refractivity contribution in [1.29, 1.82) is 0 Å². The molecule has 128 valence electrons. The van der Waals surface area contributed by atoms with Crippen molar-refractivity contribution in [3.8, 4) is 5.75 Å². The van der Waals surface area contributed by atoms with Crippen LogP contribution in [0.15, 0.2) is 48.5 Å². The molecule has 5 heteroatoms. The number of methoxy groups -OCH3 is 1. The van der Waals surface area contributed by atoms with Gasteiger partial charge in [-0.05, 0) is 42.2 Å². The van der Waals surface area contributed by atoms with E-state index in [9.17, 15) is 4.79 Å². The summed E-state index contributed by atoms with van der Waals surface area (Å²) in [5.41, 5.74) is 3.56. The topological polar surface area (TPSA) is 50.4 Å². The second-order valence-corrected chi connectivity index (χ2v) is 5.91. The molecule has 3 rings (SSSR count). The lowest BCUT2D eigenvalue weighted by atomic mass is 9.95. The zero-order chi connectivity index (χ0) is 16.2. The van der Waals surface area contributed by atoms with Gasteiger partial charge in [-0.1, -0.05) is 36.4 Å². The molecule has 0 spiro atoms. The minimum Gasteiger partial charge on any atom is -0.497 e. The molecule has 0 saturated heterocycles. The van der Waals surface area contributed by atoms with E-state index in [-0.39, 0.29) is 30.4 Å². The molecule has 1 heterocycles. The lowest BCUT2D eigenvalue weighted by molar-refractivity contribution is -0.124. The minimum atomic E-state index is -0.182. The summed E-state index contributed by atoms with van der Waals surface area (Å²) in [6.45, 7) is 2.73. The molecule has 0 radical (unpaired) electrons. The molecule has 1 aliphatic heterocycles. The first kappa shape index (κ1) is 18.3. The highest BCUT2D eigenvalue weighted by Crippen LogP contribution is 2.20. The number of hydrogen-bond donors (Lipinski definition) is 2. The first-order valence-corrected chi connectivity index (χ1v) is 7.92. The molecule has 0 aliphatic carbocycles. The second-order valence-electron chi connectivity index (χ2n) is 5.91. The number of carbonyl (C=O) groups excluding carboxylic acids is 1. The predicted molar refractivity (Wildman–Crippen MR) is 97.6 cm³/mol. The van der Waals surface area contributed by atoms with E-state index < -0.39 is 0 Å². The Bertz CT molecular complexity index is 705. The average molecular weight is 347 g/mol. The van der Waals surface area contributed by atoms with Crippen molar-refractivity contribution < 1.29 is 9.53 Å². The van der Waals surface area contributed by atoms with Crippen molar-refractivity contribution in [2.24, 2.45) is 0 Å². The number of hydrogen-bond acceptors (Lipinski definition) is 3. The predicted octanol–water partition coefficient (Wildman–Crippen LogP) is 3.01. The Hall–Kier alpha value is -2.04. The van der Waals surface area contributed by atoms with Crippen molar-refractivity contribution in [2.45, 2.75) is 32.0 Å². The van der Waals surface area contributed by atoms with Gasteiger partial charge >= 0.3 is 0 Å². The van der Waals surface area contributed by atoms with Gasteiger partial charge in [0.1, 0.15) is 5.75 Å². The molecule has 4 nitrogen and oxygen atoms in total. The van der Waals surface area contributed by atoms with Gasteiger partial charge in [-0.3, -0.25) is 4.79 Å². The van der Waals surface area contributed by atoms with Crippen LogP contribution in [0.1, 0.15) is 29.7 Å². The summed E-state index contributed by atoms with van der Waals surface area (Å²) in [7, 11) is 1.64. The first-order valence-electron chi connectivity index (χ1n) is 7.92.